The predicted molar refractivity (Wildman–Crippen MR) is 193 cm³/mol. The van der Waals surface area contributed by atoms with Crippen LogP contribution in [0.2, 0.25) is 18.1 Å². The second-order valence-corrected chi connectivity index (χ2v) is 22.9. The van der Waals surface area contributed by atoms with Crippen molar-refractivity contribution in [3.63, 3.8) is 0 Å². The van der Waals surface area contributed by atoms with E-state index in [1.54, 1.807) is 14.0 Å². The Bertz CT molecular complexity index is 1870. The molecule has 2 heterocycles. The van der Waals surface area contributed by atoms with Crippen molar-refractivity contribution in [1.29, 1.82) is 0 Å². The SMILES string of the molecule is COc1cc(NCCS(=O)(=O)N2CCCC2)c(C)c2c1C[C@H]1C[C@H]3[C@H](N(C)C)c4onc(C)c4C(=O)[C@@]3(O[Si](C)(C)C(C)(C)C)C(O)=C1C2=O. The number of hydrogen-bond acceptors (Lipinski definition) is 11. The molecule has 14 heteroatoms. The molecule has 1 aliphatic heterocycles. The molecule has 274 valence electrons. The highest BCUT2D eigenvalue weighted by molar-refractivity contribution is 7.89. The molecule has 1 aromatic carbocycles. The molecule has 50 heavy (non-hydrogen) atoms. The summed E-state index contributed by atoms with van der Waals surface area (Å²) >= 11 is 0. The van der Waals surface area contributed by atoms with Crippen LogP contribution in [0.25, 0.3) is 0 Å². The first kappa shape index (κ1) is 36.7. The van der Waals surface area contributed by atoms with Gasteiger partial charge in [-0.25, -0.2) is 12.7 Å². The zero-order valence-electron chi connectivity index (χ0n) is 31.0. The number of nitrogens with one attached hydrogen (secondary N) is 1. The molecule has 12 nitrogen and oxygen atoms in total. The second kappa shape index (κ2) is 12.6. The van der Waals surface area contributed by atoms with Gasteiger partial charge in [0.25, 0.3) is 0 Å². The van der Waals surface area contributed by atoms with Gasteiger partial charge >= 0.3 is 0 Å². The largest absolute Gasteiger partial charge is 0.508 e. The third-order valence-corrected chi connectivity index (χ3v) is 18.2. The fraction of sp³-hybridized carbons (Fsp3) is 0.639. The predicted octanol–water partition coefficient (Wildman–Crippen LogP) is 5.58. The van der Waals surface area contributed by atoms with Crippen molar-refractivity contribution >= 4 is 35.6 Å². The van der Waals surface area contributed by atoms with Crippen LogP contribution in [-0.4, -0.2) is 100.0 Å². The molecule has 2 N–H and O–H groups in total. The molecule has 0 unspecified atom stereocenters. The summed E-state index contributed by atoms with van der Waals surface area (Å²) in [5, 5.41) is 19.8. The number of aryl methyl sites for hydroxylation is 1. The fourth-order valence-electron chi connectivity index (χ4n) is 8.30. The van der Waals surface area contributed by atoms with Crippen LogP contribution in [0.5, 0.6) is 5.75 Å². The van der Waals surface area contributed by atoms with E-state index >= 15 is 0 Å². The lowest BCUT2D eigenvalue weighted by molar-refractivity contribution is -0.0480. The van der Waals surface area contributed by atoms with Crippen molar-refractivity contribution in [3.05, 3.63) is 51.1 Å². The van der Waals surface area contributed by atoms with Gasteiger partial charge in [-0.05, 0) is 83.2 Å². The van der Waals surface area contributed by atoms with Crippen molar-refractivity contribution in [2.24, 2.45) is 11.8 Å². The minimum Gasteiger partial charge on any atom is -0.508 e. The fourth-order valence-corrected chi connectivity index (χ4v) is 11.2. The molecule has 1 fully saturated rings. The van der Waals surface area contributed by atoms with Gasteiger partial charge in [0.1, 0.15) is 11.5 Å². The number of hydrogen-bond donors (Lipinski definition) is 2. The Kier molecular flexibility index (Phi) is 9.24. The third-order valence-electron chi connectivity index (χ3n) is 11.9. The summed E-state index contributed by atoms with van der Waals surface area (Å²) in [7, 11) is -0.823. The van der Waals surface area contributed by atoms with Gasteiger partial charge in [-0.2, -0.15) is 0 Å². The molecule has 0 bridgehead atoms. The lowest BCUT2D eigenvalue weighted by Crippen LogP contribution is -2.65. The number of anilines is 1. The number of aliphatic hydroxyl groups is 1. The summed E-state index contributed by atoms with van der Waals surface area (Å²) in [6.45, 7) is 15.1. The van der Waals surface area contributed by atoms with Crippen molar-refractivity contribution in [2.75, 3.05) is 51.9 Å². The minimum atomic E-state index is -3.41. The molecule has 6 rings (SSSR count). The Labute approximate surface area is 296 Å². The van der Waals surface area contributed by atoms with E-state index in [2.05, 4.69) is 31.2 Å². The van der Waals surface area contributed by atoms with Crippen LogP contribution in [0.4, 0.5) is 5.69 Å². The number of rotatable bonds is 9. The van der Waals surface area contributed by atoms with E-state index in [4.69, 9.17) is 13.7 Å². The Morgan fingerprint density at radius 2 is 1.82 bits per heavy atom. The summed E-state index contributed by atoms with van der Waals surface area (Å²) in [4.78, 5) is 31.8. The summed E-state index contributed by atoms with van der Waals surface area (Å²) in [6.07, 6.45) is 2.51. The van der Waals surface area contributed by atoms with Crippen LogP contribution < -0.4 is 10.1 Å². The molecule has 0 radical (unpaired) electrons. The molecular weight excluding hydrogens is 677 g/mol. The number of sulfonamides is 1. The normalized spacial score (nSPS) is 25.8. The van der Waals surface area contributed by atoms with Crippen LogP contribution in [0, 0.1) is 25.7 Å². The van der Waals surface area contributed by atoms with Crippen LogP contribution in [0.15, 0.2) is 21.9 Å². The Morgan fingerprint density at radius 1 is 1.16 bits per heavy atom. The lowest BCUT2D eigenvalue weighted by atomic mass is 9.58. The van der Waals surface area contributed by atoms with Gasteiger partial charge in [-0.1, -0.05) is 25.9 Å². The van der Waals surface area contributed by atoms with E-state index in [9.17, 15) is 23.1 Å². The van der Waals surface area contributed by atoms with E-state index in [1.807, 2.05) is 45.1 Å². The molecule has 4 aliphatic rings. The highest BCUT2D eigenvalue weighted by Crippen LogP contribution is 2.59. The molecule has 0 amide bonds. The first-order valence-electron chi connectivity index (χ1n) is 17.6. The molecule has 1 saturated heterocycles. The minimum absolute atomic E-state index is 0.0814. The first-order valence-corrected chi connectivity index (χ1v) is 22.1. The Balaban J connectivity index is 1.48. The average molecular weight is 729 g/mol. The van der Waals surface area contributed by atoms with Crippen LogP contribution >= 0.6 is 0 Å². The van der Waals surface area contributed by atoms with E-state index in [0.29, 0.717) is 65.5 Å². The van der Waals surface area contributed by atoms with Crippen molar-refractivity contribution in [3.8, 4) is 5.75 Å². The standard InChI is InChI=1S/C36H52N4O8SSi/c1-20-25(37-13-16-49(44,45)40-14-11-12-15-40)19-26(46-8)23-17-22-18-24-30(39(6)7)32-28(21(2)38-47-32)33(42)36(24,48-50(9,10)35(3,4)5)34(43)29(22)31(41)27(20)23/h19,22,24,30,37,43H,11-18H2,1-10H3/t22-,24-,30-,36+/m0/s1. The maximum Gasteiger partial charge on any atom is 0.215 e. The topological polar surface area (TPSA) is 152 Å². The van der Waals surface area contributed by atoms with Crippen LogP contribution in [0.1, 0.15) is 89.4 Å². The first-order chi connectivity index (χ1) is 23.3. The van der Waals surface area contributed by atoms with Gasteiger partial charge in [0.05, 0.1) is 30.2 Å². The number of Topliss-reactive ketones (excluding diaryl/α,β-unsaturated/α-hetero) is 2. The second-order valence-electron chi connectivity index (χ2n) is 16.1. The maximum absolute atomic E-state index is 15.0. The molecule has 2 aromatic rings. The number of ether oxygens (including phenoxy) is 1. The summed E-state index contributed by atoms with van der Waals surface area (Å²) in [6, 6.07) is 1.36. The quantitative estimate of drug-likeness (QED) is 0.311. The summed E-state index contributed by atoms with van der Waals surface area (Å²) in [5.41, 5.74) is 1.40. The number of methoxy groups -OCH3 is 1. The van der Waals surface area contributed by atoms with E-state index in [1.165, 1.54) is 4.31 Å². The van der Waals surface area contributed by atoms with Gasteiger partial charge in [0, 0.05) is 54.0 Å². The van der Waals surface area contributed by atoms with Gasteiger partial charge in [-0.15, -0.1) is 0 Å². The van der Waals surface area contributed by atoms with E-state index < -0.39 is 47.6 Å². The van der Waals surface area contributed by atoms with Gasteiger partial charge < -0.3 is 24.1 Å². The number of allylic oxidation sites excluding steroid dienone is 1. The number of carbonyl (C=O) groups is 2. The molecule has 0 saturated carbocycles. The smallest absolute Gasteiger partial charge is 0.215 e. The number of benzene rings is 1. The maximum atomic E-state index is 15.0. The summed E-state index contributed by atoms with van der Waals surface area (Å²) < 4.78 is 46.2. The zero-order valence-corrected chi connectivity index (χ0v) is 32.8. The average Bonchev–Trinajstić information content (AvgIpc) is 3.70. The van der Waals surface area contributed by atoms with Crippen LogP contribution in [-0.2, 0) is 20.9 Å². The van der Waals surface area contributed by atoms with Gasteiger partial charge in [-0.3, -0.25) is 14.5 Å². The lowest BCUT2D eigenvalue weighted by Gasteiger charge is -2.55. The highest BCUT2D eigenvalue weighted by atomic mass is 32.2. The van der Waals surface area contributed by atoms with Gasteiger partial charge in [0.2, 0.25) is 15.8 Å². The van der Waals surface area contributed by atoms with Crippen molar-refractivity contribution in [2.45, 2.75) is 90.1 Å². The zero-order chi connectivity index (χ0) is 36.7. The number of aromatic nitrogens is 1. The van der Waals surface area contributed by atoms with E-state index in [0.717, 1.165) is 18.4 Å². The molecule has 0 spiro atoms. The molecular formula is C36H52N4O8SSi. The molecule has 3 aliphatic carbocycles. The van der Waals surface area contributed by atoms with Crippen LogP contribution in [0.3, 0.4) is 0 Å². The van der Waals surface area contributed by atoms with E-state index in [-0.39, 0.29) is 34.5 Å². The monoisotopic (exact) mass is 728 g/mol. The molecule has 1 aromatic heterocycles. The van der Waals surface area contributed by atoms with Crippen molar-refractivity contribution < 1.29 is 36.8 Å². The highest BCUT2D eigenvalue weighted by Gasteiger charge is 2.66. The number of carbonyl (C=O) groups excluding carboxylic acids is 2. The number of nitrogens with zero attached hydrogens (tertiary/aromatic N) is 3. The third kappa shape index (κ3) is 5.56. The number of aliphatic hydroxyl groups excluding tert-OH is 1. The van der Waals surface area contributed by atoms with Crippen molar-refractivity contribution in [1.82, 2.24) is 14.4 Å². The molecule has 4 atom stereocenters. The Hall–Kier alpha value is -3.04. The summed E-state index contributed by atoms with van der Waals surface area (Å²) in [5.74, 6) is -1.25. The van der Waals surface area contributed by atoms with Gasteiger partial charge in [0.15, 0.2) is 25.5 Å². The number of ketones is 2. The number of fused-ring (bicyclic) bond motifs is 4. The Morgan fingerprint density at radius 3 is 2.42 bits per heavy atom.